The smallest absolute Gasteiger partial charge is 0.387 e. The van der Waals surface area contributed by atoms with Gasteiger partial charge in [-0.15, -0.1) is 0 Å². The molecule has 1 aliphatic heterocycles. The summed E-state index contributed by atoms with van der Waals surface area (Å²) >= 11 is 12.2. The van der Waals surface area contributed by atoms with E-state index in [2.05, 4.69) is 17.0 Å². The molecule has 0 bridgehead atoms. The van der Waals surface area contributed by atoms with Crippen LogP contribution < -0.4 is 0 Å². The lowest BCUT2D eigenvalue weighted by Crippen LogP contribution is -2.41. The van der Waals surface area contributed by atoms with Crippen LogP contribution in [0.25, 0.3) is 5.52 Å². The summed E-state index contributed by atoms with van der Waals surface area (Å²) in [6, 6.07) is 10.2. The van der Waals surface area contributed by atoms with E-state index in [1.165, 1.54) is 94.3 Å². The van der Waals surface area contributed by atoms with Crippen molar-refractivity contribution in [3.05, 3.63) is 63.7 Å². The Kier molecular flexibility index (Phi) is 20.7. The number of nitrogens with zero attached hydrogens (tertiary/aromatic N) is 4. The van der Waals surface area contributed by atoms with Crippen LogP contribution in [-0.2, 0) is 40.0 Å². The lowest BCUT2D eigenvalue weighted by Gasteiger charge is -2.24. The van der Waals surface area contributed by atoms with Crippen molar-refractivity contribution >= 4 is 36.5 Å². The van der Waals surface area contributed by atoms with E-state index in [0.29, 0.717) is 27.9 Å². The molecule has 1 aromatic carbocycles. The fraction of sp³-hybridized carbons (Fsp3) is 0.683. The van der Waals surface area contributed by atoms with E-state index in [-0.39, 0.29) is 25.5 Å². The summed E-state index contributed by atoms with van der Waals surface area (Å²) in [5.41, 5.74) is 0.0454. The molecule has 0 aliphatic carbocycles. The molecule has 318 valence electrons. The number of hydrogen-bond donors (Lipinski definition) is 3. The van der Waals surface area contributed by atoms with Gasteiger partial charge in [-0.05, 0) is 43.2 Å². The number of hydrogen-bond acceptors (Lipinski definition) is 11. The van der Waals surface area contributed by atoms with Gasteiger partial charge in [0.25, 0.3) is 0 Å². The Morgan fingerprint density at radius 3 is 2.16 bits per heavy atom. The van der Waals surface area contributed by atoms with Gasteiger partial charge in [-0.2, -0.15) is 10.4 Å². The van der Waals surface area contributed by atoms with Crippen LogP contribution in [0.2, 0.25) is 10.0 Å². The van der Waals surface area contributed by atoms with Crippen molar-refractivity contribution < 1.29 is 42.9 Å². The number of nitriles is 1. The maximum atomic E-state index is 13.0. The Hall–Kier alpha value is -2.18. The Bertz CT molecular complexity index is 1730. The molecule has 3 N–H and O–H groups in total. The molecule has 0 saturated carbocycles. The van der Waals surface area contributed by atoms with E-state index < -0.39 is 44.4 Å². The molecule has 4 rings (SSSR count). The molecule has 1 fully saturated rings. The van der Waals surface area contributed by atoms with Crippen LogP contribution in [0.3, 0.4) is 0 Å². The molecule has 1 unspecified atom stereocenters. The van der Waals surface area contributed by atoms with Crippen molar-refractivity contribution in [3.63, 3.8) is 0 Å². The van der Waals surface area contributed by atoms with E-state index in [9.17, 15) is 24.9 Å². The first-order chi connectivity index (χ1) is 27.5. The first-order valence-corrected chi connectivity index (χ1v) is 22.8. The summed E-state index contributed by atoms with van der Waals surface area (Å²) in [4.78, 5) is 14.7. The zero-order valence-electron chi connectivity index (χ0n) is 33.4. The number of phosphoric ester groups is 1. The van der Waals surface area contributed by atoms with Gasteiger partial charge >= 0.3 is 7.82 Å². The molecule has 16 heteroatoms. The van der Waals surface area contributed by atoms with Crippen molar-refractivity contribution in [2.45, 2.75) is 153 Å². The van der Waals surface area contributed by atoms with Gasteiger partial charge in [0.15, 0.2) is 0 Å². The molecule has 57 heavy (non-hydrogen) atoms. The maximum absolute atomic E-state index is 13.0. The average Bonchev–Trinajstić information content (AvgIpc) is 3.75. The SMILES string of the molecule is CCCCCCCCCCCCCCCCCCOC[C@H](COP(=O)(O)OC[C@H]1O[C@@](C#N)(c2ccc3c(C)ncnn23)[C@H](O)[C@@H]1O)OCc1ccc(Cl)c(Cl)c1. The third kappa shape index (κ3) is 14.8. The molecule has 1 saturated heterocycles. The van der Waals surface area contributed by atoms with Gasteiger partial charge in [-0.1, -0.05) is 133 Å². The Labute approximate surface area is 347 Å². The molecule has 3 heterocycles. The standard InChI is InChI=1S/C41H61Cl2N4O9P/c1-3-4-5-6-7-8-9-10-11-12-13-14-15-16-17-18-23-52-26-33(53-25-32-19-20-34(42)35(43)24-32)27-54-57(50,51)55-28-37-39(48)40(49)41(29-44,56-37)38-22-21-36-31(2)45-30-46-47(36)38/h19-22,24,30,33,37,39-40,48-49H,3-18,23,25-28H2,1-2H3,(H,50,51)/t33-,37-,39-,40-,41+/m1/s1. The number of aliphatic hydroxyl groups excluding tert-OH is 2. The first-order valence-electron chi connectivity index (χ1n) is 20.5. The maximum Gasteiger partial charge on any atom is 0.472 e. The third-order valence-electron chi connectivity index (χ3n) is 10.4. The van der Waals surface area contributed by atoms with Crippen LogP contribution in [0.4, 0.5) is 0 Å². The summed E-state index contributed by atoms with van der Waals surface area (Å²) in [5, 5.41) is 37.0. The molecule has 13 nitrogen and oxygen atoms in total. The first kappa shape index (κ1) is 47.5. The second-order valence-electron chi connectivity index (χ2n) is 14.9. The molecule has 3 aromatic rings. The van der Waals surface area contributed by atoms with Crippen molar-refractivity contribution in [1.82, 2.24) is 14.6 Å². The second kappa shape index (κ2) is 24.8. The number of ether oxygens (including phenoxy) is 3. The fourth-order valence-corrected chi connectivity index (χ4v) is 8.08. The summed E-state index contributed by atoms with van der Waals surface area (Å²) < 4.78 is 42.7. The van der Waals surface area contributed by atoms with Crippen molar-refractivity contribution in [2.24, 2.45) is 0 Å². The minimum Gasteiger partial charge on any atom is -0.387 e. The number of halogens is 2. The number of benzene rings is 1. The molecule has 0 spiro atoms. The zero-order chi connectivity index (χ0) is 41.1. The summed E-state index contributed by atoms with van der Waals surface area (Å²) in [5.74, 6) is 0. The Morgan fingerprint density at radius 1 is 0.912 bits per heavy atom. The number of rotatable bonds is 29. The third-order valence-corrected chi connectivity index (χ3v) is 12.1. The molecule has 1 aliphatic rings. The highest BCUT2D eigenvalue weighted by molar-refractivity contribution is 7.47. The van der Waals surface area contributed by atoms with Crippen LogP contribution in [-0.4, -0.2) is 80.5 Å². The number of phosphoric acid groups is 1. The Balaban J connectivity index is 1.18. The molecule has 2 aromatic heterocycles. The van der Waals surface area contributed by atoms with Crippen LogP contribution in [0.1, 0.15) is 127 Å². The van der Waals surface area contributed by atoms with Gasteiger partial charge in [-0.3, -0.25) is 9.05 Å². The van der Waals surface area contributed by atoms with Crippen LogP contribution in [0, 0.1) is 18.3 Å². The van der Waals surface area contributed by atoms with Gasteiger partial charge in [0.2, 0.25) is 5.60 Å². The summed E-state index contributed by atoms with van der Waals surface area (Å²) in [6.45, 7) is 3.69. The monoisotopic (exact) mass is 854 g/mol. The highest BCUT2D eigenvalue weighted by atomic mass is 35.5. The van der Waals surface area contributed by atoms with E-state index in [4.69, 9.17) is 46.5 Å². The number of aryl methyl sites for hydroxylation is 1. The van der Waals surface area contributed by atoms with Crippen molar-refractivity contribution in [1.29, 1.82) is 5.26 Å². The minimum absolute atomic E-state index is 0.0930. The molecular formula is C41H61Cl2N4O9P. The van der Waals surface area contributed by atoms with Crippen LogP contribution in [0.5, 0.6) is 0 Å². The van der Waals surface area contributed by atoms with Gasteiger partial charge in [0, 0.05) is 6.61 Å². The molecule has 0 radical (unpaired) electrons. The highest BCUT2D eigenvalue weighted by Gasteiger charge is 2.58. The summed E-state index contributed by atoms with van der Waals surface area (Å²) in [6.07, 6.45) is 16.3. The van der Waals surface area contributed by atoms with E-state index in [1.807, 2.05) is 6.07 Å². The van der Waals surface area contributed by atoms with Crippen LogP contribution in [0.15, 0.2) is 36.7 Å². The zero-order valence-corrected chi connectivity index (χ0v) is 35.8. The van der Waals surface area contributed by atoms with E-state index in [1.54, 1.807) is 37.3 Å². The molecular weight excluding hydrogens is 794 g/mol. The number of aliphatic hydroxyl groups is 2. The minimum atomic E-state index is -4.75. The highest BCUT2D eigenvalue weighted by Crippen LogP contribution is 2.46. The quantitative estimate of drug-likeness (QED) is 0.0446. The van der Waals surface area contributed by atoms with E-state index >= 15 is 0 Å². The normalized spacial score (nSPS) is 21.2. The molecule has 0 amide bonds. The lowest BCUT2D eigenvalue weighted by atomic mass is 9.92. The topological polar surface area (TPSA) is 178 Å². The lowest BCUT2D eigenvalue weighted by molar-refractivity contribution is -0.0690. The number of fused-ring (bicyclic) bond motifs is 1. The predicted octanol–water partition coefficient (Wildman–Crippen LogP) is 9.18. The fourth-order valence-electron chi connectivity index (χ4n) is 6.99. The second-order valence-corrected chi connectivity index (χ2v) is 17.2. The number of unbranched alkanes of at least 4 members (excludes halogenated alkanes) is 15. The largest absolute Gasteiger partial charge is 0.472 e. The Morgan fingerprint density at radius 2 is 1.54 bits per heavy atom. The van der Waals surface area contributed by atoms with Gasteiger partial charge < -0.3 is 29.3 Å². The van der Waals surface area contributed by atoms with Crippen molar-refractivity contribution in [2.75, 3.05) is 26.4 Å². The average molecular weight is 856 g/mol. The van der Waals surface area contributed by atoms with Gasteiger partial charge in [0.1, 0.15) is 36.8 Å². The van der Waals surface area contributed by atoms with Gasteiger partial charge in [-0.25, -0.2) is 14.1 Å². The summed E-state index contributed by atoms with van der Waals surface area (Å²) in [7, 11) is -4.75. The van der Waals surface area contributed by atoms with Crippen LogP contribution >= 0.6 is 31.0 Å². The van der Waals surface area contributed by atoms with Gasteiger partial charge in [0.05, 0.1) is 53.4 Å². The number of aromatic nitrogens is 3. The van der Waals surface area contributed by atoms with E-state index in [0.717, 1.165) is 24.8 Å². The van der Waals surface area contributed by atoms with Crippen molar-refractivity contribution in [3.8, 4) is 6.07 Å². The predicted molar refractivity (Wildman–Crippen MR) is 219 cm³/mol. The molecule has 6 atom stereocenters.